The van der Waals surface area contributed by atoms with Crippen molar-refractivity contribution in [2.45, 2.75) is 19.4 Å². The maximum atomic E-state index is 9.90. The molecule has 1 heterocycles. The summed E-state index contributed by atoms with van der Waals surface area (Å²) in [6.45, 7) is 3.96. The number of phenols is 1. The van der Waals surface area contributed by atoms with Crippen LogP contribution in [-0.2, 0) is 0 Å². The summed E-state index contributed by atoms with van der Waals surface area (Å²) >= 11 is 6.55. The molecular formula is C13H12Br2O2. The zero-order valence-electron chi connectivity index (χ0n) is 9.50. The fourth-order valence-corrected chi connectivity index (χ4v) is 2.16. The Kier molecular flexibility index (Phi) is 3.36. The summed E-state index contributed by atoms with van der Waals surface area (Å²) in [5.74, 6) is 0.907. The molecular weight excluding hydrogens is 348 g/mol. The zero-order valence-corrected chi connectivity index (χ0v) is 12.7. The number of hydrogen-bond donors (Lipinski definition) is 1. The van der Waals surface area contributed by atoms with Gasteiger partial charge in [-0.2, -0.15) is 0 Å². The van der Waals surface area contributed by atoms with Gasteiger partial charge in [0.25, 0.3) is 0 Å². The molecule has 1 aromatic carbocycles. The molecule has 0 amide bonds. The van der Waals surface area contributed by atoms with Crippen LogP contribution in [-0.4, -0.2) is 10.7 Å². The molecule has 17 heavy (non-hydrogen) atoms. The van der Waals surface area contributed by atoms with Crippen LogP contribution < -0.4 is 4.74 Å². The van der Waals surface area contributed by atoms with E-state index in [2.05, 4.69) is 31.9 Å². The summed E-state index contributed by atoms with van der Waals surface area (Å²) in [4.78, 5) is 0. The molecule has 4 heteroatoms. The van der Waals surface area contributed by atoms with E-state index in [9.17, 15) is 5.11 Å². The van der Waals surface area contributed by atoms with Gasteiger partial charge in [-0.3, -0.25) is 0 Å². The molecule has 0 unspecified atom stereocenters. The summed E-state index contributed by atoms with van der Waals surface area (Å²) in [7, 11) is 0. The summed E-state index contributed by atoms with van der Waals surface area (Å²) in [5, 5.41) is 9.90. The molecule has 0 bridgehead atoms. The molecule has 2 rings (SSSR count). The Balaban J connectivity index is 2.49. The van der Waals surface area contributed by atoms with Crippen LogP contribution in [0.5, 0.6) is 11.5 Å². The van der Waals surface area contributed by atoms with E-state index in [0.29, 0.717) is 5.75 Å². The number of fused-ring (bicyclic) bond motifs is 1. The van der Waals surface area contributed by atoms with Crippen LogP contribution in [0.2, 0.25) is 0 Å². The highest BCUT2D eigenvalue weighted by molar-refractivity contribution is 9.28. The van der Waals surface area contributed by atoms with E-state index in [1.807, 2.05) is 32.1 Å². The van der Waals surface area contributed by atoms with Gasteiger partial charge in [-0.25, -0.2) is 0 Å². The topological polar surface area (TPSA) is 29.5 Å². The lowest BCUT2D eigenvalue weighted by Gasteiger charge is -2.28. The maximum Gasteiger partial charge on any atom is 0.131 e. The molecule has 1 aromatic rings. The van der Waals surface area contributed by atoms with E-state index in [0.717, 1.165) is 14.5 Å². The van der Waals surface area contributed by atoms with Crippen molar-refractivity contribution in [2.75, 3.05) is 0 Å². The minimum absolute atomic E-state index is 0.200. The van der Waals surface area contributed by atoms with Crippen LogP contribution >= 0.6 is 31.9 Å². The Bertz CT molecular complexity index is 512. The minimum Gasteiger partial charge on any atom is -0.507 e. The Morgan fingerprint density at radius 2 is 2.06 bits per heavy atom. The van der Waals surface area contributed by atoms with Gasteiger partial charge in [-0.1, -0.05) is 6.08 Å². The molecule has 1 aliphatic heterocycles. The monoisotopic (exact) mass is 358 g/mol. The fourth-order valence-electron chi connectivity index (χ4n) is 1.66. The molecule has 0 radical (unpaired) electrons. The highest BCUT2D eigenvalue weighted by Gasteiger charge is 2.22. The van der Waals surface area contributed by atoms with Gasteiger partial charge in [-0.05, 0) is 63.9 Å². The predicted octanol–water partition coefficient (Wildman–Crippen LogP) is 4.66. The van der Waals surface area contributed by atoms with Crippen molar-refractivity contribution in [2.24, 2.45) is 0 Å². The number of ether oxygens (including phenoxy) is 1. The van der Waals surface area contributed by atoms with Crippen LogP contribution in [0.3, 0.4) is 0 Å². The zero-order chi connectivity index (χ0) is 12.6. The van der Waals surface area contributed by atoms with Crippen LogP contribution in [0.15, 0.2) is 21.6 Å². The van der Waals surface area contributed by atoms with Gasteiger partial charge >= 0.3 is 0 Å². The number of aromatic hydroxyl groups is 1. The third-order valence-corrected chi connectivity index (χ3v) is 2.92. The summed E-state index contributed by atoms with van der Waals surface area (Å²) < 4.78 is 6.55. The first-order chi connectivity index (χ1) is 7.87. The average molecular weight is 360 g/mol. The first kappa shape index (κ1) is 12.7. The third kappa shape index (κ3) is 2.93. The minimum atomic E-state index is -0.327. The second-order valence-electron chi connectivity index (χ2n) is 4.42. The molecule has 0 atom stereocenters. The normalized spacial score (nSPS) is 16.0. The Labute approximate surface area is 117 Å². The highest BCUT2D eigenvalue weighted by atomic mass is 79.9. The molecule has 0 spiro atoms. The van der Waals surface area contributed by atoms with Crippen molar-refractivity contribution >= 4 is 44.0 Å². The smallest absolute Gasteiger partial charge is 0.131 e. The van der Waals surface area contributed by atoms with Gasteiger partial charge in [0, 0.05) is 17.2 Å². The quantitative estimate of drug-likeness (QED) is 0.789. The predicted molar refractivity (Wildman–Crippen MR) is 77.7 cm³/mol. The molecule has 0 aromatic heterocycles. The van der Waals surface area contributed by atoms with E-state index in [4.69, 9.17) is 4.74 Å². The lowest BCUT2D eigenvalue weighted by Crippen LogP contribution is -2.27. The number of rotatable bonds is 1. The van der Waals surface area contributed by atoms with Gasteiger partial charge in [-0.15, -0.1) is 0 Å². The molecule has 1 aliphatic rings. The van der Waals surface area contributed by atoms with Gasteiger partial charge in [0.15, 0.2) is 0 Å². The van der Waals surface area contributed by atoms with Crippen LogP contribution in [0.25, 0.3) is 12.2 Å². The molecule has 0 aliphatic carbocycles. The standard InChI is InChI=1S/C13H12Br2O2/c1-13(2)4-3-8-5-9(6-12(14)15)10(16)7-11(8)17-13/h3-7,16H,1-2H3. The highest BCUT2D eigenvalue weighted by Crippen LogP contribution is 2.37. The summed E-state index contributed by atoms with van der Waals surface area (Å²) in [6.07, 6.45) is 5.81. The second kappa shape index (κ2) is 4.50. The van der Waals surface area contributed by atoms with E-state index in [1.54, 1.807) is 12.1 Å². The van der Waals surface area contributed by atoms with Crippen LogP contribution in [0.4, 0.5) is 0 Å². The maximum absolute atomic E-state index is 9.90. The first-order valence-electron chi connectivity index (χ1n) is 5.15. The van der Waals surface area contributed by atoms with Crippen molar-refractivity contribution in [3.8, 4) is 11.5 Å². The van der Waals surface area contributed by atoms with E-state index >= 15 is 0 Å². The SMILES string of the molecule is CC1(C)C=Cc2cc(C=C(Br)Br)c(O)cc2O1. The average Bonchev–Trinajstić information content (AvgIpc) is 2.18. The molecule has 1 N–H and O–H groups in total. The van der Waals surface area contributed by atoms with E-state index in [-0.39, 0.29) is 11.4 Å². The molecule has 90 valence electrons. The third-order valence-electron chi connectivity index (χ3n) is 2.46. The van der Waals surface area contributed by atoms with Crippen molar-refractivity contribution in [1.82, 2.24) is 0 Å². The molecule has 0 saturated carbocycles. The van der Waals surface area contributed by atoms with Crippen molar-refractivity contribution in [3.63, 3.8) is 0 Å². The molecule has 0 saturated heterocycles. The van der Waals surface area contributed by atoms with Crippen LogP contribution in [0.1, 0.15) is 25.0 Å². The molecule has 0 fully saturated rings. The van der Waals surface area contributed by atoms with Crippen LogP contribution in [0, 0.1) is 0 Å². The number of halogens is 2. The van der Waals surface area contributed by atoms with E-state index < -0.39 is 0 Å². The Morgan fingerprint density at radius 1 is 1.35 bits per heavy atom. The Hall–Kier alpha value is -0.740. The number of hydrogen-bond acceptors (Lipinski definition) is 2. The number of benzene rings is 1. The summed E-state index contributed by atoms with van der Waals surface area (Å²) in [6, 6.07) is 3.54. The van der Waals surface area contributed by atoms with Crippen molar-refractivity contribution in [1.29, 1.82) is 0 Å². The lowest BCUT2D eigenvalue weighted by atomic mass is 10.0. The van der Waals surface area contributed by atoms with Gasteiger partial charge in [0.05, 0.1) is 3.39 Å². The first-order valence-corrected chi connectivity index (χ1v) is 6.74. The fraction of sp³-hybridized carbons (Fsp3) is 0.231. The van der Waals surface area contributed by atoms with Gasteiger partial charge in [0.1, 0.15) is 17.1 Å². The van der Waals surface area contributed by atoms with Gasteiger partial charge < -0.3 is 9.84 Å². The molecule has 2 nitrogen and oxygen atoms in total. The largest absolute Gasteiger partial charge is 0.507 e. The second-order valence-corrected chi connectivity index (χ2v) is 7.19. The lowest BCUT2D eigenvalue weighted by molar-refractivity contribution is 0.158. The Morgan fingerprint density at radius 3 is 2.71 bits per heavy atom. The van der Waals surface area contributed by atoms with Crippen molar-refractivity contribution in [3.05, 3.63) is 32.7 Å². The summed E-state index contributed by atoms with van der Waals surface area (Å²) in [5.41, 5.74) is 1.38. The van der Waals surface area contributed by atoms with E-state index in [1.165, 1.54) is 0 Å². The van der Waals surface area contributed by atoms with Gasteiger partial charge in [0.2, 0.25) is 0 Å². The number of phenolic OH excluding ortho intramolecular Hbond substituents is 1. The van der Waals surface area contributed by atoms with Crippen molar-refractivity contribution < 1.29 is 9.84 Å².